The van der Waals surface area contributed by atoms with Gasteiger partial charge < -0.3 is 15.5 Å². The highest BCUT2D eigenvalue weighted by atomic mass is 16.2. The molecule has 8 heteroatoms. The second-order valence-corrected chi connectivity index (χ2v) is 11.2. The van der Waals surface area contributed by atoms with Crippen molar-refractivity contribution >= 4 is 17.7 Å². The normalized spacial score (nSPS) is 28.9. The van der Waals surface area contributed by atoms with E-state index in [0.717, 1.165) is 43.7 Å². The number of rotatable bonds is 5. The number of carbonyl (C=O) groups is 3. The maximum Gasteiger partial charge on any atom is 0.245 e. The number of aryl methyl sites for hydroxylation is 1. The number of likely N-dealkylation sites (tertiary alicyclic amines) is 1. The van der Waals surface area contributed by atoms with Crippen molar-refractivity contribution in [3.63, 3.8) is 0 Å². The number of hydrogen-bond donors (Lipinski definition) is 2. The Hall–Kier alpha value is -3.26. The molecule has 0 saturated carbocycles. The fraction of sp³-hybridized carbons (Fsp3) is 0.533. The Labute approximate surface area is 225 Å². The summed E-state index contributed by atoms with van der Waals surface area (Å²) in [5.74, 6) is 0.354. The summed E-state index contributed by atoms with van der Waals surface area (Å²) in [4.78, 5) is 48.8. The number of carbonyl (C=O) groups excluding carboxylic acids is 3. The van der Waals surface area contributed by atoms with Crippen LogP contribution in [0, 0.1) is 11.8 Å². The molecule has 5 atom stereocenters. The zero-order valence-corrected chi connectivity index (χ0v) is 22.2. The molecule has 2 aromatic rings. The monoisotopic (exact) mass is 517 g/mol. The number of aromatic nitrogens is 1. The molecular weight excluding hydrogens is 478 g/mol. The standard InChI is InChI=1S/C30H39N5O3/c1-21-30(38)35-18-23-16-24(19-34(17-23)20-25-10-5-6-15-31-25)27(35)11-7-12-28(36)33-26(29(37)32-21)14-13-22-8-3-2-4-9-22/h2-6,8-10,15,21,23-24,26-27H,7,11-14,16-20H2,1H3,(H,32,37)(H,33,36)/t21-,23+,24-,26+,27+/m1/s1. The van der Waals surface area contributed by atoms with Crippen LogP contribution in [0.15, 0.2) is 54.7 Å². The molecule has 0 unspecified atom stereocenters. The van der Waals surface area contributed by atoms with E-state index >= 15 is 0 Å². The first-order valence-corrected chi connectivity index (χ1v) is 14.0. The molecule has 3 fully saturated rings. The Bertz CT molecular complexity index is 1110. The van der Waals surface area contributed by atoms with Gasteiger partial charge in [0.1, 0.15) is 12.1 Å². The van der Waals surface area contributed by atoms with Gasteiger partial charge in [0.2, 0.25) is 17.7 Å². The largest absolute Gasteiger partial charge is 0.344 e. The van der Waals surface area contributed by atoms with Crippen LogP contribution in [0.5, 0.6) is 0 Å². The molecule has 0 spiro atoms. The van der Waals surface area contributed by atoms with Crippen LogP contribution < -0.4 is 10.6 Å². The summed E-state index contributed by atoms with van der Waals surface area (Å²) in [5.41, 5.74) is 2.18. The second-order valence-electron chi connectivity index (χ2n) is 11.2. The lowest BCUT2D eigenvalue weighted by Gasteiger charge is -2.51. The Morgan fingerprint density at radius 1 is 0.974 bits per heavy atom. The van der Waals surface area contributed by atoms with E-state index in [1.165, 1.54) is 0 Å². The number of benzene rings is 1. The second kappa shape index (κ2) is 12.1. The molecule has 5 rings (SSSR count). The number of hydrogen-bond acceptors (Lipinski definition) is 5. The average molecular weight is 518 g/mol. The van der Waals surface area contributed by atoms with E-state index in [2.05, 4.69) is 26.6 Å². The molecule has 0 radical (unpaired) electrons. The van der Waals surface area contributed by atoms with Crippen molar-refractivity contribution in [1.29, 1.82) is 0 Å². The third kappa shape index (κ3) is 6.41. The first-order valence-electron chi connectivity index (χ1n) is 14.0. The molecule has 2 bridgehead atoms. The van der Waals surface area contributed by atoms with Crippen LogP contribution in [0.25, 0.3) is 0 Å². The molecule has 3 amide bonds. The smallest absolute Gasteiger partial charge is 0.245 e. The third-order valence-corrected chi connectivity index (χ3v) is 8.29. The fourth-order valence-corrected chi connectivity index (χ4v) is 6.51. The SMILES string of the molecule is C[C@H]1NC(=O)[C@H](CCc2ccccc2)NC(=O)CCC[C@H]2[C@@H]3C[C@@H](CN(Cc4ccccn4)C3)CN2C1=O. The Morgan fingerprint density at radius 3 is 2.58 bits per heavy atom. The minimum absolute atomic E-state index is 0.00932. The van der Waals surface area contributed by atoms with E-state index < -0.39 is 12.1 Å². The molecular formula is C30H39N5O3. The fourth-order valence-electron chi connectivity index (χ4n) is 6.51. The van der Waals surface area contributed by atoms with Crippen molar-refractivity contribution in [2.24, 2.45) is 11.8 Å². The summed E-state index contributed by atoms with van der Waals surface area (Å²) in [7, 11) is 0. The van der Waals surface area contributed by atoms with Crippen molar-refractivity contribution in [2.75, 3.05) is 19.6 Å². The van der Waals surface area contributed by atoms with Crippen molar-refractivity contribution in [1.82, 2.24) is 25.4 Å². The molecule has 3 saturated heterocycles. The van der Waals surface area contributed by atoms with Crippen LogP contribution >= 0.6 is 0 Å². The van der Waals surface area contributed by atoms with Gasteiger partial charge in [-0.2, -0.15) is 0 Å². The van der Waals surface area contributed by atoms with Gasteiger partial charge >= 0.3 is 0 Å². The van der Waals surface area contributed by atoms with Gasteiger partial charge in [-0.3, -0.25) is 24.3 Å². The Morgan fingerprint density at radius 2 is 1.79 bits per heavy atom. The van der Waals surface area contributed by atoms with E-state index in [4.69, 9.17) is 0 Å². The summed E-state index contributed by atoms with van der Waals surface area (Å²) < 4.78 is 0. The summed E-state index contributed by atoms with van der Waals surface area (Å²) in [6.45, 7) is 5.14. The van der Waals surface area contributed by atoms with Crippen LogP contribution in [-0.2, 0) is 27.3 Å². The minimum Gasteiger partial charge on any atom is -0.344 e. The number of nitrogens with zero attached hydrogens (tertiary/aromatic N) is 3. The van der Waals surface area contributed by atoms with Crippen molar-refractivity contribution in [2.45, 2.75) is 70.1 Å². The topological polar surface area (TPSA) is 94.6 Å². The maximum absolute atomic E-state index is 13.7. The molecule has 8 nitrogen and oxygen atoms in total. The van der Waals surface area contributed by atoms with Gasteiger partial charge in [0.05, 0.1) is 5.69 Å². The predicted molar refractivity (Wildman–Crippen MR) is 145 cm³/mol. The molecule has 3 aliphatic rings. The van der Waals surface area contributed by atoms with E-state index in [-0.39, 0.29) is 23.8 Å². The van der Waals surface area contributed by atoms with Crippen LogP contribution in [0.2, 0.25) is 0 Å². The van der Waals surface area contributed by atoms with Gasteiger partial charge in [-0.25, -0.2) is 0 Å². The number of piperidine rings is 2. The quantitative estimate of drug-likeness (QED) is 0.636. The summed E-state index contributed by atoms with van der Waals surface area (Å²) in [6.07, 6.45) is 5.95. The first-order chi connectivity index (χ1) is 18.5. The van der Waals surface area contributed by atoms with Crippen LogP contribution in [0.4, 0.5) is 0 Å². The number of nitrogens with one attached hydrogen (secondary N) is 2. The molecule has 1 aromatic carbocycles. The predicted octanol–water partition coefficient (Wildman–Crippen LogP) is 2.54. The molecule has 202 valence electrons. The highest BCUT2D eigenvalue weighted by molar-refractivity contribution is 5.92. The van der Waals surface area contributed by atoms with Crippen molar-refractivity contribution in [3.05, 3.63) is 66.0 Å². The summed E-state index contributed by atoms with van der Waals surface area (Å²) in [5, 5.41) is 5.88. The Kier molecular flexibility index (Phi) is 8.37. The van der Waals surface area contributed by atoms with Gasteiger partial charge in [-0.1, -0.05) is 36.4 Å². The number of fused-ring (bicyclic) bond motifs is 4. The molecule has 1 aromatic heterocycles. The molecule has 4 heterocycles. The Balaban J connectivity index is 1.27. The lowest BCUT2D eigenvalue weighted by Crippen LogP contribution is -2.62. The van der Waals surface area contributed by atoms with E-state index in [1.54, 1.807) is 6.92 Å². The van der Waals surface area contributed by atoms with Crippen molar-refractivity contribution in [3.8, 4) is 0 Å². The first kappa shape index (κ1) is 26.4. The van der Waals surface area contributed by atoms with Crippen molar-refractivity contribution < 1.29 is 14.4 Å². The maximum atomic E-state index is 13.7. The lowest BCUT2D eigenvalue weighted by molar-refractivity contribution is -0.145. The van der Waals surface area contributed by atoms with Gasteiger partial charge in [0.25, 0.3) is 0 Å². The lowest BCUT2D eigenvalue weighted by atomic mass is 9.77. The molecule has 3 aliphatic heterocycles. The van der Waals surface area contributed by atoms with Gasteiger partial charge in [-0.15, -0.1) is 0 Å². The number of pyridine rings is 1. The van der Waals surface area contributed by atoms with E-state index in [0.29, 0.717) is 44.1 Å². The van der Waals surface area contributed by atoms with Crippen LogP contribution in [-0.4, -0.2) is 70.3 Å². The zero-order valence-electron chi connectivity index (χ0n) is 22.2. The highest BCUT2D eigenvalue weighted by Crippen LogP contribution is 2.36. The van der Waals surface area contributed by atoms with Gasteiger partial charge in [0.15, 0.2) is 0 Å². The van der Waals surface area contributed by atoms with Crippen LogP contribution in [0.3, 0.4) is 0 Å². The van der Waals surface area contributed by atoms with Crippen LogP contribution in [0.1, 0.15) is 50.3 Å². The zero-order chi connectivity index (χ0) is 26.5. The molecule has 2 N–H and O–H groups in total. The summed E-state index contributed by atoms with van der Waals surface area (Å²) in [6, 6.07) is 14.7. The van der Waals surface area contributed by atoms with Gasteiger partial charge in [-0.05, 0) is 68.6 Å². The molecule has 38 heavy (non-hydrogen) atoms. The number of amides is 3. The third-order valence-electron chi connectivity index (χ3n) is 8.29. The average Bonchev–Trinajstić information content (AvgIpc) is 2.92. The highest BCUT2D eigenvalue weighted by Gasteiger charge is 2.43. The van der Waals surface area contributed by atoms with E-state index in [1.807, 2.05) is 53.6 Å². The van der Waals surface area contributed by atoms with E-state index in [9.17, 15) is 14.4 Å². The minimum atomic E-state index is -0.658. The summed E-state index contributed by atoms with van der Waals surface area (Å²) >= 11 is 0. The van der Waals surface area contributed by atoms with Gasteiger partial charge in [0, 0.05) is 44.8 Å². The molecule has 0 aliphatic carbocycles.